The van der Waals surface area contributed by atoms with Crippen LogP contribution in [0.2, 0.25) is 0 Å². The van der Waals surface area contributed by atoms with Crippen LogP contribution in [-0.4, -0.2) is 34.2 Å². The number of nitrogens with zero attached hydrogens (tertiary/aromatic N) is 4. The van der Waals surface area contributed by atoms with Crippen molar-refractivity contribution in [1.82, 2.24) is 19.9 Å². The summed E-state index contributed by atoms with van der Waals surface area (Å²) in [6.07, 6.45) is 7.86. The molecule has 0 aliphatic heterocycles. The molecular weight excluding hydrogens is 352 g/mol. The van der Waals surface area contributed by atoms with Crippen LogP contribution in [0.3, 0.4) is 0 Å². The number of aromatic nitrogens is 3. The van der Waals surface area contributed by atoms with Gasteiger partial charge in [-0.2, -0.15) is 5.26 Å². The Morgan fingerprint density at radius 2 is 1.96 bits per heavy atom. The third-order valence-corrected chi connectivity index (χ3v) is 5.60. The van der Waals surface area contributed by atoms with E-state index in [4.69, 9.17) is 15.7 Å². The molecule has 144 valence electrons. The first-order valence-corrected chi connectivity index (χ1v) is 9.57. The van der Waals surface area contributed by atoms with Crippen molar-refractivity contribution in [3.63, 3.8) is 0 Å². The molecule has 1 aromatic carbocycles. The summed E-state index contributed by atoms with van der Waals surface area (Å²) in [5.41, 5.74) is 9.23. The largest absolute Gasteiger partial charge is 0.497 e. The maximum atomic E-state index is 8.76. The summed E-state index contributed by atoms with van der Waals surface area (Å²) in [4.78, 5) is 8.77. The highest BCUT2D eigenvalue weighted by molar-refractivity contribution is 6.00. The van der Waals surface area contributed by atoms with Crippen molar-refractivity contribution < 1.29 is 4.74 Å². The van der Waals surface area contributed by atoms with E-state index in [2.05, 4.69) is 32.1 Å². The Morgan fingerprint density at radius 1 is 1.21 bits per heavy atom. The van der Waals surface area contributed by atoms with Crippen LogP contribution >= 0.6 is 0 Å². The Bertz CT molecular complexity index is 996. The molecule has 0 bridgehead atoms. The molecule has 7 heteroatoms. The number of fused-ring (bicyclic) bond motifs is 1. The Hall–Kier alpha value is -3.11. The lowest BCUT2D eigenvalue weighted by Gasteiger charge is -2.29. The number of nitrogens with one attached hydrogen (secondary N) is 1. The van der Waals surface area contributed by atoms with Crippen molar-refractivity contribution in [2.75, 3.05) is 19.4 Å². The van der Waals surface area contributed by atoms with Gasteiger partial charge >= 0.3 is 0 Å². The molecule has 3 N–H and O–H groups in total. The molecule has 1 fully saturated rings. The number of methoxy groups -OCH3 is 1. The lowest BCUT2D eigenvalue weighted by molar-refractivity contribution is 0.301. The predicted octanol–water partition coefficient (Wildman–Crippen LogP) is 3.29. The van der Waals surface area contributed by atoms with E-state index in [0.717, 1.165) is 53.6 Å². The number of hydrogen-bond acceptors (Lipinski definition) is 6. The monoisotopic (exact) mass is 376 g/mol. The van der Waals surface area contributed by atoms with E-state index in [-0.39, 0.29) is 0 Å². The van der Waals surface area contributed by atoms with Crippen molar-refractivity contribution in [2.24, 2.45) is 0 Å². The summed E-state index contributed by atoms with van der Waals surface area (Å²) in [5, 5.41) is 13.0. The Morgan fingerprint density at radius 3 is 2.64 bits per heavy atom. The van der Waals surface area contributed by atoms with Gasteiger partial charge in [-0.3, -0.25) is 0 Å². The number of anilines is 1. The van der Waals surface area contributed by atoms with Gasteiger partial charge in [-0.15, -0.1) is 0 Å². The minimum atomic E-state index is 0.365. The Balaban J connectivity index is 1.68. The van der Waals surface area contributed by atoms with Gasteiger partial charge in [0, 0.05) is 23.8 Å². The fraction of sp³-hybridized carbons (Fsp3) is 0.381. The Kier molecular flexibility index (Phi) is 5.13. The molecule has 0 radical (unpaired) electrons. The van der Waals surface area contributed by atoms with E-state index >= 15 is 0 Å². The van der Waals surface area contributed by atoms with Crippen LogP contribution in [-0.2, 0) is 0 Å². The number of benzene rings is 1. The normalized spacial score (nSPS) is 19.4. The molecule has 28 heavy (non-hydrogen) atoms. The van der Waals surface area contributed by atoms with Crippen LogP contribution in [0.4, 0.5) is 5.82 Å². The van der Waals surface area contributed by atoms with E-state index in [1.165, 1.54) is 6.33 Å². The lowest BCUT2D eigenvalue weighted by atomic mass is 9.91. The predicted molar refractivity (Wildman–Crippen MR) is 109 cm³/mol. The maximum Gasteiger partial charge on any atom is 0.146 e. The van der Waals surface area contributed by atoms with E-state index in [0.29, 0.717) is 24.4 Å². The summed E-state index contributed by atoms with van der Waals surface area (Å²) >= 11 is 0. The topological polar surface area (TPSA) is 102 Å². The summed E-state index contributed by atoms with van der Waals surface area (Å²) in [7, 11) is 1.66. The number of nitrogens with two attached hydrogens (primary N) is 1. The molecule has 3 aromatic rings. The molecule has 1 aliphatic carbocycles. The van der Waals surface area contributed by atoms with Crippen LogP contribution in [0.1, 0.15) is 31.7 Å². The molecule has 0 saturated heterocycles. The first-order chi connectivity index (χ1) is 13.7. The SMILES string of the molecule is COc1ccc(-c2cn(C3CCC(NCC#N)CC3)c3ncnc(N)c23)cc1. The molecule has 4 rings (SSSR count). The lowest BCUT2D eigenvalue weighted by Crippen LogP contribution is -2.33. The molecule has 0 unspecified atom stereocenters. The van der Waals surface area contributed by atoms with Crippen molar-refractivity contribution in [3.8, 4) is 22.9 Å². The van der Waals surface area contributed by atoms with Gasteiger partial charge in [-0.1, -0.05) is 12.1 Å². The number of hydrogen-bond donors (Lipinski definition) is 2. The molecule has 2 aromatic heterocycles. The minimum Gasteiger partial charge on any atom is -0.497 e. The van der Waals surface area contributed by atoms with Crippen LogP contribution in [0.25, 0.3) is 22.2 Å². The average Bonchev–Trinajstić information content (AvgIpc) is 3.14. The number of ether oxygens (including phenoxy) is 1. The summed E-state index contributed by atoms with van der Waals surface area (Å²) in [5.74, 6) is 1.32. The fourth-order valence-corrected chi connectivity index (χ4v) is 4.12. The van der Waals surface area contributed by atoms with Gasteiger partial charge in [-0.05, 0) is 43.4 Å². The van der Waals surface area contributed by atoms with E-state index in [1.54, 1.807) is 7.11 Å². The third-order valence-electron chi connectivity index (χ3n) is 5.60. The minimum absolute atomic E-state index is 0.365. The molecular formula is C21H24N6O. The smallest absolute Gasteiger partial charge is 0.146 e. The van der Waals surface area contributed by atoms with E-state index < -0.39 is 0 Å². The second-order valence-electron chi connectivity index (χ2n) is 7.18. The zero-order chi connectivity index (χ0) is 19.5. The van der Waals surface area contributed by atoms with Crippen molar-refractivity contribution in [3.05, 3.63) is 36.8 Å². The quantitative estimate of drug-likeness (QED) is 0.663. The number of rotatable bonds is 5. The second-order valence-corrected chi connectivity index (χ2v) is 7.18. The number of nitrogen functional groups attached to an aromatic ring is 1. The zero-order valence-corrected chi connectivity index (χ0v) is 15.9. The second kappa shape index (κ2) is 7.87. The molecule has 0 spiro atoms. The van der Waals surface area contributed by atoms with Crippen LogP contribution < -0.4 is 15.8 Å². The van der Waals surface area contributed by atoms with Gasteiger partial charge in [0.05, 0.1) is 25.1 Å². The highest BCUT2D eigenvalue weighted by atomic mass is 16.5. The summed E-state index contributed by atoms with van der Waals surface area (Å²) in [6, 6.07) is 10.9. The maximum absolute atomic E-state index is 8.76. The van der Waals surface area contributed by atoms with Gasteiger partial charge in [0.15, 0.2) is 0 Å². The van der Waals surface area contributed by atoms with Gasteiger partial charge in [0.25, 0.3) is 0 Å². The van der Waals surface area contributed by atoms with Gasteiger partial charge in [-0.25, -0.2) is 9.97 Å². The van der Waals surface area contributed by atoms with Gasteiger partial charge in [0.1, 0.15) is 23.5 Å². The zero-order valence-electron chi connectivity index (χ0n) is 15.9. The highest BCUT2D eigenvalue weighted by Gasteiger charge is 2.25. The molecule has 0 atom stereocenters. The molecule has 1 aliphatic rings. The molecule has 1 saturated carbocycles. The molecule has 7 nitrogen and oxygen atoms in total. The number of nitriles is 1. The summed E-state index contributed by atoms with van der Waals surface area (Å²) in [6.45, 7) is 0.410. The van der Waals surface area contributed by atoms with Crippen LogP contribution in [0, 0.1) is 11.3 Å². The first kappa shape index (κ1) is 18.3. The van der Waals surface area contributed by atoms with Crippen LogP contribution in [0.5, 0.6) is 5.75 Å². The van der Waals surface area contributed by atoms with Crippen molar-refractivity contribution in [1.29, 1.82) is 5.26 Å². The van der Waals surface area contributed by atoms with Gasteiger partial charge in [0.2, 0.25) is 0 Å². The highest BCUT2D eigenvalue weighted by Crippen LogP contribution is 2.38. The first-order valence-electron chi connectivity index (χ1n) is 9.57. The third kappa shape index (κ3) is 3.39. The standard InChI is InChI=1S/C21H24N6O/c1-28-17-8-2-14(3-9-17)18-12-27(21-19(18)20(23)25-13-26-21)16-6-4-15(5-7-16)24-11-10-22/h2-3,8-9,12-13,15-16,24H,4-7,11H2,1H3,(H2,23,25,26). The molecule has 0 amide bonds. The average molecular weight is 376 g/mol. The Labute approximate surface area is 164 Å². The van der Waals surface area contributed by atoms with Crippen molar-refractivity contribution >= 4 is 16.9 Å². The van der Waals surface area contributed by atoms with Gasteiger partial charge < -0.3 is 20.4 Å². The fourth-order valence-electron chi connectivity index (χ4n) is 4.12. The molecule has 2 heterocycles. The van der Waals surface area contributed by atoms with Crippen molar-refractivity contribution in [2.45, 2.75) is 37.8 Å². The van der Waals surface area contributed by atoms with Crippen LogP contribution in [0.15, 0.2) is 36.8 Å². The summed E-state index contributed by atoms with van der Waals surface area (Å²) < 4.78 is 7.53. The van der Waals surface area contributed by atoms with E-state index in [1.807, 2.05) is 24.3 Å². The van der Waals surface area contributed by atoms with E-state index in [9.17, 15) is 0 Å².